The van der Waals surface area contributed by atoms with E-state index in [2.05, 4.69) is 10.2 Å². The minimum Gasteiger partial charge on any atom is -0.491 e. The van der Waals surface area contributed by atoms with Crippen LogP contribution in [0.5, 0.6) is 5.75 Å². The van der Waals surface area contributed by atoms with Gasteiger partial charge >= 0.3 is 0 Å². The second-order valence-corrected chi connectivity index (χ2v) is 8.36. The molecule has 0 bridgehead atoms. The molecular formula is C25H33N3O3. The lowest BCUT2D eigenvalue weighted by molar-refractivity contribution is -0.139. The summed E-state index contributed by atoms with van der Waals surface area (Å²) >= 11 is 0. The summed E-state index contributed by atoms with van der Waals surface area (Å²) in [7, 11) is 3.98. The van der Waals surface area contributed by atoms with E-state index in [1.54, 1.807) is 0 Å². The molecule has 2 unspecified atom stereocenters. The van der Waals surface area contributed by atoms with Crippen LogP contribution in [0.1, 0.15) is 30.9 Å². The predicted octanol–water partition coefficient (Wildman–Crippen LogP) is 2.87. The highest BCUT2D eigenvalue weighted by Gasteiger charge is 2.34. The average Bonchev–Trinajstić information content (AvgIpc) is 2.93. The molecular weight excluding hydrogens is 390 g/mol. The van der Waals surface area contributed by atoms with Gasteiger partial charge in [0.05, 0.1) is 6.04 Å². The predicted molar refractivity (Wildman–Crippen MR) is 122 cm³/mol. The van der Waals surface area contributed by atoms with Gasteiger partial charge in [0.1, 0.15) is 18.4 Å². The van der Waals surface area contributed by atoms with E-state index in [1.807, 2.05) is 80.5 Å². The summed E-state index contributed by atoms with van der Waals surface area (Å²) in [5, 5.41) is 3.00. The molecule has 0 aromatic heterocycles. The Labute approximate surface area is 185 Å². The fourth-order valence-electron chi connectivity index (χ4n) is 3.94. The van der Waals surface area contributed by atoms with Crippen LogP contribution in [0.2, 0.25) is 0 Å². The maximum atomic E-state index is 13.8. The Morgan fingerprint density at radius 3 is 2.55 bits per heavy atom. The second kappa shape index (κ2) is 11.0. The zero-order chi connectivity index (χ0) is 22.2. The smallest absolute Gasteiger partial charge is 0.246 e. The third-order valence-electron chi connectivity index (χ3n) is 5.44. The topological polar surface area (TPSA) is 61.9 Å². The first-order valence-corrected chi connectivity index (χ1v) is 11.0. The number of carbonyl (C=O) groups is 2. The fourth-order valence-corrected chi connectivity index (χ4v) is 3.94. The number of likely N-dealkylation sites (N-methyl/N-ethyl adjacent to an activating group) is 1. The maximum absolute atomic E-state index is 13.8. The van der Waals surface area contributed by atoms with Crippen LogP contribution in [0.4, 0.5) is 0 Å². The second-order valence-electron chi connectivity index (χ2n) is 8.36. The zero-order valence-corrected chi connectivity index (χ0v) is 18.7. The minimum absolute atomic E-state index is 0.0690. The first-order chi connectivity index (χ1) is 15.0. The number of hydrogen-bond acceptors (Lipinski definition) is 4. The van der Waals surface area contributed by atoms with Crippen LogP contribution in [0.25, 0.3) is 0 Å². The van der Waals surface area contributed by atoms with Crippen molar-refractivity contribution >= 4 is 11.8 Å². The third-order valence-corrected chi connectivity index (χ3v) is 5.44. The summed E-state index contributed by atoms with van der Waals surface area (Å²) in [5.41, 5.74) is 2.00. The van der Waals surface area contributed by atoms with Crippen molar-refractivity contribution in [2.75, 3.05) is 27.2 Å². The van der Waals surface area contributed by atoms with Gasteiger partial charge in [0.15, 0.2) is 0 Å². The molecule has 2 amide bonds. The Hall–Kier alpha value is -2.86. The SMILES string of the molecule is CCCC(=O)NC(Cc1ccccc1)C(=O)N1Cc2ccccc2OCC1CN(C)C. The number of ether oxygens (including phenoxy) is 1. The molecule has 2 aromatic carbocycles. The Morgan fingerprint density at radius 2 is 1.84 bits per heavy atom. The highest BCUT2D eigenvalue weighted by atomic mass is 16.5. The van der Waals surface area contributed by atoms with E-state index in [0.717, 1.165) is 23.3 Å². The normalized spacial score (nSPS) is 16.8. The summed E-state index contributed by atoms with van der Waals surface area (Å²) in [6.07, 6.45) is 1.61. The lowest BCUT2D eigenvalue weighted by Crippen LogP contribution is -2.55. The molecule has 31 heavy (non-hydrogen) atoms. The Morgan fingerprint density at radius 1 is 1.13 bits per heavy atom. The van der Waals surface area contributed by atoms with Gasteiger partial charge in [0, 0.05) is 31.5 Å². The van der Waals surface area contributed by atoms with Gasteiger partial charge in [-0.3, -0.25) is 9.59 Å². The molecule has 0 saturated heterocycles. The van der Waals surface area contributed by atoms with E-state index in [1.165, 1.54) is 0 Å². The number of para-hydroxylation sites is 1. The molecule has 0 spiro atoms. The van der Waals surface area contributed by atoms with Gasteiger partial charge in [-0.25, -0.2) is 0 Å². The number of rotatable bonds is 8. The number of benzene rings is 2. The monoisotopic (exact) mass is 423 g/mol. The molecule has 1 N–H and O–H groups in total. The first-order valence-electron chi connectivity index (χ1n) is 11.0. The number of nitrogens with one attached hydrogen (secondary N) is 1. The number of carbonyl (C=O) groups excluding carboxylic acids is 2. The molecule has 1 heterocycles. The van der Waals surface area contributed by atoms with Crippen LogP contribution in [0, 0.1) is 0 Å². The lowest BCUT2D eigenvalue weighted by Gasteiger charge is -2.34. The lowest BCUT2D eigenvalue weighted by atomic mass is 10.0. The van der Waals surface area contributed by atoms with Gasteiger partial charge < -0.3 is 19.9 Å². The van der Waals surface area contributed by atoms with Crippen molar-refractivity contribution < 1.29 is 14.3 Å². The van der Waals surface area contributed by atoms with E-state index < -0.39 is 6.04 Å². The Kier molecular flexibility index (Phi) is 8.06. The molecule has 2 aromatic rings. The summed E-state index contributed by atoms with van der Waals surface area (Å²) in [6.45, 7) is 3.52. The third kappa shape index (κ3) is 6.31. The van der Waals surface area contributed by atoms with Crippen LogP contribution in [0.3, 0.4) is 0 Å². The van der Waals surface area contributed by atoms with Gasteiger partial charge in [0.2, 0.25) is 11.8 Å². The van der Waals surface area contributed by atoms with Crippen LogP contribution >= 0.6 is 0 Å². The molecule has 0 aliphatic carbocycles. The van der Waals surface area contributed by atoms with E-state index in [0.29, 0.717) is 32.5 Å². The maximum Gasteiger partial charge on any atom is 0.246 e. The molecule has 0 radical (unpaired) electrons. The van der Waals surface area contributed by atoms with Crippen molar-refractivity contribution in [2.45, 2.75) is 44.8 Å². The fraction of sp³-hybridized carbons (Fsp3) is 0.440. The van der Waals surface area contributed by atoms with Crippen LogP contribution in [0.15, 0.2) is 54.6 Å². The summed E-state index contributed by atoms with van der Waals surface area (Å²) in [4.78, 5) is 30.2. The number of amides is 2. The molecule has 0 fully saturated rings. The van der Waals surface area contributed by atoms with Crippen molar-refractivity contribution in [3.63, 3.8) is 0 Å². The van der Waals surface area contributed by atoms with Crippen molar-refractivity contribution in [3.05, 3.63) is 65.7 Å². The highest BCUT2D eigenvalue weighted by Crippen LogP contribution is 2.26. The van der Waals surface area contributed by atoms with Crippen molar-refractivity contribution in [1.82, 2.24) is 15.1 Å². The van der Waals surface area contributed by atoms with Crippen LogP contribution in [-0.4, -0.2) is 60.9 Å². The van der Waals surface area contributed by atoms with Crippen molar-refractivity contribution in [2.24, 2.45) is 0 Å². The van der Waals surface area contributed by atoms with Gasteiger partial charge in [-0.05, 0) is 32.1 Å². The number of nitrogens with zero attached hydrogens (tertiary/aromatic N) is 2. The van der Waals surface area contributed by atoms with E-state index in [9.17, 15) is 9.59 Å². The molecule has 2 atom stereocenters. The summed E-state index contributed by atoms with van der Waals surface area (Å²) in [5.74, 6) is 0.657. The van der Waals surface area contributed by atoms with E-state index in [-0.39, 0.29) is 17.9 Å². The highest BCUT2D eigenvalue weighted by molar-refractivity contribution is 5.88. The quantitative estimate of drug-likeness (QED) is 0.709. The van der Waals surface area contributed by atoms with Gasteiger partial charge in [0.25, 0.3) is 0 Å². The summed E-state index contributed by atoms with van der Waals surface area (Å²) in [6, 6.07) is 17.0. The largest absolute Gasteiger partial charge is 0.491 e. The Bertz CT molecular complexity index is 869. The molecule has 6 heteroatoms. The van der Waals surface area contributed by atoms with Crippen molar-refractivity contribution in [1.29, 1.82) is 0 Å². The first kappa shape index (κ1) is 22.8. The standard InChI is InChI=1S/C25H33N3O3/c1-4-10-24(29)26-22(15-19-11-6-5-7-12-19)25(30)28-16-20-13-8-9-14-23(20)31-18-21(28)17-27(2)3/h5-9,11-14,21-22H,4,10,15-18H2,1-3H3,(H,26,29). The van der Waals surface area contributed by atoms with E-state index in [4.69, 9.17) is 4.74 Å². The number of fused-ring (bicyclic) bond motifs is 1. The average molecular weight is 424 g/mol. The Balaban J connectivity index is 1.89. The molecule has 6 nitrogen and oxygen atoms in total. The minimum atomic E-state index is -0.614. The zero-order valence-electron chi connectivity index (χ0n) is 18.7. The van der Waals surface area contributed by atoms with Gasteiger partial charge in [-0.1, -0.05) is 55.5 Å². The summed E-state index contributed by atoms with van der Waals surface area (Å²) < 4.78 is 6.05. The number of hydrogen-bond donors (Lipinski definition) is 1. The molecule has 3 rings (SSSR count). The van der Waals surface area contributed by atoms with E-state index >= 15 is 0 Å². The van der Waals surface area contributed by atoms with Crippen molar-refractivity contribution in [3.8, 4) is 5.75 Å². The van der Waals surface area contributed by atoms with Crippen LogP contribution < -0.4 is 10.1 Å². The molecule has 0 saturated carbocycles. The molecule has 166 valence electrons. The van der Waals surface area contributed by atoms with Crippen LogP contribution in [-0.2, 0) is 22.6 Å². The molecule has 1 aliphatic heterocycles. The molecule has 1 aliphatic rings. The van der Waals surface area contributed by atoms with Gasteiger partial charge in [-0.15, -0.1) is 0 Å². The van der Waals surface area contributed by atoms with Gasteiger partial charge in [-0.2, -0.15) is 0 Å².